The van der Waals surface area contributed by atoms with Crippen LogP contribution in [0.2, 0.25) is 5.02 Å². The SMILES string of the molecule is O=C(CSc1nnc(-c2ccccc2)n1-c1ccc(F)cc1)Nc1cc2c(cc1Cl)OCO2. The van der Waals surface area contributed by atoms with E-state index in [1.807, 2.05) is 30.3 Å². The van der Waals surface area contributed by atoms with E-state index in [2.05, 4.69) is 15.5 Å². The highest BCUT2D eigenvalue weighted by Gasteiger charge is 2.20. The summed E-state index contributed by atoms with van der Waals surface area (Å²) in [6.07, 6.45) is 0. The summed E-state index contributed by atoms with van der Waals surface area (Å²) in [5.74, 6) is 1.07. The van der Waals surface area contributed by atoms with Crippen molar-refractivity contribution < 1.29 is 18.7 Å². The zero-order valence-electron chi connectivity index (χ0n) is 17.0. The Kier molecular flexibility index (Phi) is 5.89. The first-order chi connectivity index (χ1) is 16.1. The van der Waals surface area contributed by atoms with E-state index in [9.17, 15) is 9.18 Å². The number of carbonyl (C=O) groups is 1. The number of fused-ring (bicyclic) bond motifs is 1. The molecule has 0 radical (unpaired) electrons. The molecule has 4 aromatic rings. The molecule has 0 aliphatic carbocycles. The van der Waals surface area contributed by atoms with Gasteiger partial charge in [0.05, 0.1) is 16.5 Å². The van der Waals surface area contributed by atoms with E-state index in [0.717, 1.165) is 5.56 Å². The summed E-state index contributed by atoms with van der Waals surface area (Å²) in [6.45, 7) is 0.113. The molecule has 0 bridgehead atoms. The van der Waals surface area contributed by atoms with Gasteiger partial charge in [0.15, 0.2) is 22.5 Å². The molecule has 1 amide bonds. The van der Waals surface area contributed by atoms with Gasteiger partial charge >= 0.3 is 0 Å². The van der Waals surface area contributed by atoms with Crippen LogP contribution >= 0.6 is 23.4 Å². The van der Waals surface area contributed by atoms with Crippen LogP contribution in [0.15, 0.2) is 71.9 Å². The average molecular weight is 483 g/mol. The number of amides is 1. The standard InChI is InChI=1S/C23H16ClFN4O3S/c24-17-10-19-20(32-13-31-19)11-18(17)26-21(30)12-33-23-28-27-22(14-4-2-1-3-5-14)29(23)16-8-6-15(25)7-9-16/h1-11H,12-13H2,(H,26,30). The molecule has 0 saturated carbocycles. The Morgan fingerprint density at radius 3 is 2.55 bits per heavy atom. The molecule has 0 fully saturated rings. The molecule has 1 aliphatic rings. The molecule has 1 aromatic heterocycles. The normalized spacial score (nSPS) is 12.1. The first kappa shape index (κ1) is 21.3. The van der Waals surface area contributed by atoms with Crippen molar-refractivity contribution in [2.75, 3.05) is 17.9 Å². The smallest absolute Gasteiger partial charge is 0.234 e. The van der Waals surface area contributed by atoms with Crippen LogP contribution in [0.25, 0.3) is 17.1 Å². The molecule has 5 rings (SSSR count). The second kappa shape index (κ2) is 9.13. The van der Waals surface area contributed by atoms with Gasteiger partial charge in [-0.2, -0.15) is 0 Å². The van der Waals surface area contributed by atoms with Crippen molar-refractivity contribution in [3.05, 3.63) is 77.6 Å². The van der Waals surface area contributed by atoms with Crippen molar-refractivity contribution in [1.82, 2.24) is 14.8 Å². The third kappa shape index (κ3) is 4.50. The van der Waals surface area contributed by atoms with E-state index < -0.39 is 0 Å². The van der Waals surface area contributed by atoms with Gasteiger partial charge in [0, 0.05) is 23.4 Å². The van der Waals surface area contributed by atoms with Gasteiger partial charge in [-0.05, 0) is 24.3 Å². The highest BCUT2D eigenvalue weighted by atomic mass is 35.5. The predicted octanol–water partition coefficient (Wildman–Crippen LogP) is 5.19. The predicted molar refractivity (Wildman–Crippen MR) is 124 cm³/mol. The number of carbonyl (C=O) groups excluding carboxylic acids is 1. The molecule has 10 heteroatoms. The number of nitrogens with one attached hydrogen (secondary N) is 1. The minimum absolute atomic E-state index is 0.0545. The molecule has 0 spiro atoms. The number of aromatic nitrogens is 3. The summed E-state index contributed by atoms with van der Waals surface area (Å²) in [5.41, 5.74) is 1.95. The number of anilines is 1. The summed E-state index contributed by atoms with van der Waals surface area (Å²) < 4.78 is 25.9. The van der Waals surface area contributed by atoms with Crippen LogP contribution in [0.3, 0.4) is 0 Å². The largest absolute Gasteiger partial charge is 0.454 e. The molecule has 0 atom stereocenters. The van der Waals surface area contributed by atoms with E-state index in [1.165, 1.54) is 23.9 Å². The van der Waals surface area contributed by atoms with Crippen LogP contribution in [-0.2, 0) is 4.79 Å². The number of ether oxygens (including phenoxy) is 2. The molecule has 1 aliphatic heterocycles. The van der Waals surface area contributed by atoms with Crippen LogP contribution in [-0.4, -0.2) is 33.2 Å². The fourth-order valence-corrected chi connectivity index (χ4v) is 4.24. The van der Waals surface area contributed by atoms with E-state index >= 15 is 0 Å². The number of nitrogens with zero attached hydrogens (tertiary/aromatic N) is 3. The minimum Gasteiger partial charge on any atom is -0.454 e. The number of rotatable bonds is 6. The number of thioether (sulfide) groups is 1. The summed E-state index contributed by atoms with van der Waals surface area (Å²) in [6, 6.07) is 18.8. The van der Waals surface area contributed by atoms with Gasteiger partial charge in [0.2, 0.25) is 12.7 Å². The zero-order chi connectivity index (χ0) is 22.8. The molecule has 166 valence electrons. The number of hydrogen-bond donors (Lipinski definition) is 1. The molecule has 0 saturated heterocycles. The maximum Gasteiger partial charge on any atom is 0.234 e. The van der Waals surface area contributed by atoms with Gasteiger partial charge in [0.1, 0.15) is 5.82 Å². The quantitative estimate of drug-likeness (QED) is 0.381. The number of hydrogen-bond acceptors (Lipinski definition) is 6. The van der Waals surface area contributed by atoms with Crippen molar-refractivity contribution in [2.45, 2.75) is 5.16 Å². The summed E-state index contributed by atoms with van der Waals surface area (Å²) >= 11 is 7.45. The molecule has 7 nitrogen and oxygen atoms in total. The van der Waals surface area contributed by atoms with Gasteiger partial charge in [-0.3, -0.25) is 9.36 Å². The monoisotopic (exact) mass is 482 g/mol. The number of halogens is 2. The molecule has 2 heterocycles. The molecular weight excluding hydrogens is 467 g/mol. The van der Waals surface area contributed by atoms with Gasteiger partial charge in [0.25, 0.3) is 0 Å². The summed E-state index contributed by atoms with van der Waals surface area (Å²) in [4.78, 5) is 12.6. The molecule has 0 unspecified atom stereocenters. The van der Waals surface area contributed by atoms with Gasteiger partial charge in [-0.25, -0.2) is 4.39 Å². The summed E-state index contributed by atoms with van der Waals surface area (Å²) in [7, 11) is 0. The van der Waals surface area contributed by atoms with Gasteiger partial charge in [-0.1, -0.05) is 53.7 Å². The van der Waals surface area contributed by atoms with Crippen LogP contribution in [0.5, 0.6) is 11.5 Å². The third-order valence-electron chi connectivity index (χ3n) is 4.82. The Balaban J connectivity index is 1.38. The lowest BCUT2D eigenvalue weighted by Crippen LogP contribution is -2.15. The molecule has 3 aromatic carbocycles. The zero-order valence-corrected chi connectivity index (χ0v) is 18.6. The van der Waals surface area contributed by atoms with Gasteiger partial charge in [-0.15, -0.1) is 10.2 Å². The van der Waals surface area contributed by atoms with Crippen LogP contribution < -0.4 is 14.8 Å². The third-order valence-corrected chi connectivity index (χ3v) is 6.06. The van der Waals surface area contributed by atoms with Crippen molar-refractivity contribution in [2.24, 2.45) is 0 Å². The highest BCUT2D eigenvalue weighted by Crippen LogP contribution is 2.39. The number of benzene rings is 3. The first-order valence-electron chi connectivity index (χ1n) is 9.87. The Bertz CT molecular complexity index is 1320. The highest BCUT2D eigenvalue weighted by molar-refractivity contribution is 7.99. The first-order valence-corrected chi connectivity index (χ1v) is 11.2. The Morgan fingerprint density at radius 2 is 1.79 bits per heavy atom. The fourth-order valence-electron chi connectivity index (χ4n) is 3.29. The van der Waals surface area contributed by atoms with Crippen molar-refractivity contribution in [3.8, 4) is 28.6 Å². The van der Waals surface area contributed by atoms with Crippen molar-refractivity contribution in [3.63, 3.8) is 0 Å². The van der Waals surface area contributed by atoms with Gasteiger partial charge < -0.3 is 14.8 Å². The molecule has 1 N–H and O–H groups in total. The second-order valence-electron chi connectivity index (χ2n) is 7.01. The lowest BCUT2D eigenvalue weighted by Gasteiger charge is -2.11. The van der Waals surface area contributed by atoms with E-state index in [4.69, 9.17) is 21.1 Å². The minimum atomic E-state index is -0.345. The lowest BCUT2D eigenvalue weighted by atomic mass is 10.2. The Morgan fingerprint density at radius 1 is 1.06 bits per heavy atom. The van der Waals surface area contributed by atoms with Crippen LogP contribution in [0.4, 0.5) is 10.1 Å². The van der Waals surface area contributed by atoms with E-state index in [1.54, 1.807) is 28.8 Å². The molecule has 33 heavy (non-hydrogen) atoms. The molecular formula is C23H16ClFN4O3S. The maximum absolute atomic E-state index is 13.5. The van der Waals surface area contributed by atoms with E-state index in [-0.39, 0.29) is 24.3 Å². The Hall–Kier alpha value is -3.56. The fraction of sp³-hybridized carbons (Fsp3) is 0.0870. The van der Waals surface area contributed by atoms with Crippen LogP contribution in [0.1, 0.15) is 0 Å². The average Bonchev–Trinajstić information content (AvgIpc) is 3.46. The van der Waals surface area contributed by atoms with Crippen molar-refractivity contribution >= 4 is 35.0 Å². The topological polar surface area (TPSA) is 78.3 Å². The second-order valence-corrected chi connectivity index (χ2v) is 8.36. The lowest BCUT2D eigenvalue weighted by molar-refractivity contribution is -0.113. The maximum atomic E-state index is 13.5. The Labute approximate surface area is 197 Å². The van der Waals surface area contributed by atoms with Crippen LogP contribution in [0, 0.1) is 5.82 Å². The van der Waals surface area contributed by atoms with E-state index in [0.29, 0.717) is 38.9 Å². The summed E-state index contributed by atoms with van der Waals surface area (Å²) in [5, 5.41) is 12.2. The van der Waals surface area contributed by atoms with Crippen molar-refractivity contribution in [1.29, 1.82) is 0 Å².